The summed E-state index contributed by atoms with van der Waals surface area (Å²) >= 11 is 1.10. The maximum absolute atomic E-state index is 13.6. The van der Waals surface area contributed by atoms with Gasteiger partial charge in [0.1, 0.15) is 0 Å². The second-order valence-electron chi connectivity index (χ2n) is 5.57. The van der Waals surface area contributed by atoms with Crippen LogP contribution >= 0.6 is 11.3 Å². The normalized spacial score (nSPS) is 11.2. The maximum atomic E-state index is 13.6. The van der Waals surface area contributed by atoms with E-state index in [9.17, 15) is 27.5 Å². The molecule has 0 unspecified atom stereocenters. The first-order chi connectivity index (χ1) is 13.2. The van der Waals surface area contributed by atoms with Crippen molar-refractivity contribution >= 4 is 38.7 Å². The van der Waals surface area contributed by atoms with Gasteiger partial charge in [-0.1, -0.05) is 23.5 Å². The number of thiazole rings is 1. The van der Waals surface area contributed by atoms with Crippen molar-refractivity contribution in [3.8, 4) is 16.2 Å². The molecule has 2 aromatic carbocycles. The van der Waals surface area contributed by atoms with Crippen molar-refractivity contribution in [3.63, 3.8) is 0 Å². The fourth-order valence-corrected chi connectivity index (χ4v) is 3.62. The number of phenols is 1. The topological polar surface area (TPSA) is 139 Å². The van der Waals surface area contributed by atoms with Crippen molar-refractivity contribution in [2.24, 2.45) is 5.14 Å². The van der Waals surface area contributed by atoms with Gasteiger partial charge in [-0.05, 0) is 29.8 Å². The standard InChI is InChI=1S/C17H12FN3O5S2/c18-13-6-10(5-11(8-22)15(13)23)16(24)21-17-20-7-14(27-17)9-1-3-12(4-2-9)28(19,25)26/h1-8,23H,(H2,19,25,26)(H,20,21,24). The molecule has 0 radical (unpaired) electrons. The lowest BCUT2D eigenvalue weighted by Crippen LogP contribution is -2.12. The molecule has 0 saturated heterocycles. The van der Waals surface area contributed by atoms with Crippen molar-refractivity contribution in [3.05, 3.63) is 59.5 Å². The zero-order valence-electron chi connectivity index (χ0n) is 13.9. The summed E-state index contributed by atoms with van der Waals surface area (Å²) in [4.78, 5) is 27.8. The number of carbonyl (C=O) groups excluding carboxylic acids is 2. The molecule has 3 rings (SSSR count). The van der Waals surface area contributed by atoms with Crippen LogP contribution in [0.5, 0.6) is 5.75 Å². The van der Waals surface area contributed by atoms with E-state index in [1.807, 2.05) is 0 Å². The Balaban J connectivity index is 1.80. The third-order valence-electron chi connectivity index (χ3n) is 3.68. The van der Waals surface area contributed by atoms with Gasteiger partial charge in [0.25, 0.3) is 5.91 Å². The molecule has 0 bridgehead atoms. The van der Waals surface area contributed by atoms with Gasteiger partial charge < -0.3 is 5.11 Å². The molecule has 4 N–H and O–H groups in total. The van der Waals surface area contributed by atoms with Crippen molar-refractivity contribution in [1.29, 1.82) is 0 Å². The lowest BCUT2D eigenvalue weighted by molar-refractivity contribution is 0.102. The molecule has 0 atom stereocenters. The highest BCUT2D eigenvalue weighted by Gasteiger charge is 2.16. The van der Waals surface area contributed by atoms with Gasteiger partial charge in [-0.2, -0.15) is 0 Å². The Kier molecular flexibility index (Phi) is 5.23. The van der Waals surface area contributed by atoms with Crippen molar-refractivity contribution < 1.29 is 27.5 Å². The van der Waals surface area contributed by atoms with E-state index in [4.69, 9.17) is 5.14 Å². The lowest BCUT2D eigenvalue weighted by atomic mass is 10.1. The second kappa shape index (κ2) is 7.46. The highest BCUT2D eigenvalue weighted by molar-refractivity contribution is 7.89. The van der Waals surface area contributed by atoms with Gasteiger partial charge in [-0.25, -0.2) is 22.9 Å². The van der Waals surface area contributed by atoms with E-state index in [0.29, 0.717) is 10.4 Å². The number of rotatable bonds is 5. The number of anilines is 1. The molecule has 28 heavy (non-hydrogen) atoms. The van der Waals surface area contributed by atoms with E-state index in [1.165, 1.54) is 18.3 Å². The van der Waals surface area contributed by atoms with Gasteiger partial charge in [0, 0.05) is 11.8 Å². The fourth-order valence-electron chi connectivity index (χ4n) is 2.28. The van der Waals surface area contributed by atoms with Crippen LogP contribution in [0.2, 0.25) is 0 Å². The Bertz CT molecular complexity index is 1170. The van der Waals surface area contributed by atoms with Gasteiger partial charge in [0.15, 0.2) is 23.0 Å². The average molecular weight is 421 g/mol. The zero-order valence-corrected chi connectivity index (χ0v) is 15.6. The number of primary sulfonamides is 1. The Morgan fingerprint density at radius 2 is 1.93 bits per heavy atom. The van der Waals surface area contributed by atoms with Crippen LogP contribution in [0.1, 0.15) is 20.7 Å². The lowest BCUT2D eigenvalue weighted by Gasteiger charge is -2.05. The number of benzene rings is 2. The molecule has 11 heteroatoms. The number of nitrogens with one attached hydrogen (secondary N) is 1. The van der Waals surface area contributed by atoms with Gasteiger partial charge >= 0.3 is 0 Å². The summed E-state index contributed by atoms with van der Waals surface area (Å²) in [6.45, 7) is 0. The van der Waals surface area contributed by atoms with E-state index < -0.39 is 27.5 Å². The van der Waals surface area contributed by atoms with Crippen molar-refractivity contribution in [1.82, 2.24) is 4.98 Å². The Labute approximate surface area is 162 Å². The molecule has 1 heterocycles. The smallest absolute Gasteiger partial charge is 0.257 e. The molecular weight excluding hydrogens is 409 g/mol. The van der Waals surface area contributed by atoms with Crippen molar-refractivity contribution in [2.75, 3.05) is 5.32 Å². The van der Waals surface area contributed by atoms with Gasteiger partial charge in [-0.15, -0.1) is 0 Å². The number of phenolic OH excluding ortho intramolecular Hbond substituents is 1. The first-order valence-corrected chi connectivity index (χ1v) is 9.93. The first-order valence-electron chi connectivity index (χ1n) is 7.57. The number of aromatic hydroxyl groups is 1. The molecule has 144 valence electrons. The Morgan fingerprint density at radius 3 is 2.54 bits per heavy atom. The molecule has 3 aromatic rings. The van der Waals surface area contributed by atoms with E-state index >= 15 is 0 Å². The maximum Gasteiger partial charge on any atom is 0.257 e. The summed E-state index contributed by atoms with van der Waals surface area (Å²) in [7, 11) is -3.80. The van der Waals surface area contributed by atoms with Crippen LogP contribution in [0.15, 0.2) is 47.5 Å². The number of nitrogens with zero attached hydrogens (tertiary/aromatic N) is 1. The molecule has 0 aliphatic heterocycles. The number of amides is 1. The van der Waals surface area contributed by atoms with Crippen LogP contribution in [-0.2, 0) is 10.0 Å². The van der Waals surface area contributed by atoms with Crippen LogP contribution in [0.3, 0.4) is 0 Å². The molecule has 0 spiro atoms. The SMILES string of the molecule is NS(=O)(=O)c1ccc(-c2cnc(NC(=O)c3cc(F)c(O)c(C=O)c3)s2)cc1. The number of carbonyl (C=O) groups is 2. The van der Waals surface area contributed by atoms with Crippen molar-refractivity contribution in [2.45, 2.75) is 4.90 Å². The molecule has 0 aliphatic rings. The first kappa shape index (κ1) is 19.6. The Hall–Kier alpha value is -3.15. The third-order valence-corrected chi connectivity index (χ3v) is 5.57. The van der Waals surface area contributed by atoms with Gasteiger partial charge in [-0.3, -0.25) is 14.9 Å². The number of nitrogens with two attached hydrogens (primary N) is 1. The second-order valence-corrected chi connectivity index (χ2v) is 8.16. The molecule has 8 nitrogen and oxygen atoms in total. The minimum absolute atomic E-state index is 0.0327. The number of sulfonamides is 1. The number of hydrogen-bond donors (Lipinski definition) is 3. The highest BCUT2D eigenvalue weighted by atomic mass is 32.2. The molecular formula is C17H12FN3O5S2. The summed E-state index contributed by atoms with van der Waals surface area (Å²) in [5.74, 6) is -2.64. The summed E-state index contributed by atoms with van der Waals surface area (Å²) in [5, 5.41) is 17.1. The van der Waals surface area contributed by atoms with Crippen LogP contribution in [0, 0.1) is 5.82 Å². The van der Waals surface area contributed by atoms with Gasteiger partial charge in [0.2, 0.25) is 10.0 Å². The number of halogens is 1. The summed E-state index contributed by atoms with van der Waals surface area (Å²) in [5.41, 5.74) is 0.149. The highest BCUT2D eigenvalue weighted by Crippen LogP contribution is 2.30. The molecule has 0 fully saturated rings. The zero-order chi connectivity index (χ0) is 20.5. The van der Waals surface area contributed by atoms with Gasteiger partial charge in [0.05, 0.1) is 15.3 Å². The fraction of sp³-hybridized carbons (Fsp3) is 0. The van der Waals surface area contributed by atoms with Crippen LogP contribution in [0.25, 0.3) is 10.4 Å². The number of aldehydes is 1. The average Bonchev–Trinajstić information content (AvgIpc) is 3.11. The summed E-state index contributed by atoms with van der Waals surface area (Å²) in [6, 6.07) is 7.65. The molecule has 1 aromatic heterocycles. The molecule has 1 amide bonds. The largest absolute Gasteiger partial charge is 0.504 e. The minimum atomic E-state index is -3.80. The molecule has 0 saturated carbocycles. The Morgan fingerprint density at radius 1 is 1.25 bits per heavy atom. The number of aromatic nitrogens is 1. The monoisotopic (exact) mass is 421 g/mol. The third kappa shape index (κ3) is 4.06. The summed E-state index contributed by atoms with van der Waals surface area (Å²) < 4.78 is 36.2. The predicted octanol–water partition coefficient (Wildman–Crippen LogP) is 2.37. The minimum Gasteiger partial charge on any atom is -0.504 e. The van der Waals surface area contributed by atoms with Crippen LogP contribution in [-0.4, -0.2) is 30.7 Å². The van der Waals surface area contributed by atoms with E-state index in [2.05, 4.69) is 10.3 Å². The quantitative estimate of drug-likeness (QED) is 0.541. The van der Waals surface area contributed by atoms with E-state index in [-0.39, 0.29) is 27.4 Å². The van der Waals surface area contributed by atoms with Crippen LogP contribution in [0.4, 0.5) is 9.52 Å². The van der Waals surface area contributed by atoms with E-state index in [1.54, 1.807) is 12.1 Å². The predicted molar refractivity (Wildman–Crippen MR) is 100 cm³/mol. The summed E-state index contributed by atoms with van der Waals surface area (Å²) in [6.07, 6.45) is 1.71. The van der Waals surface area contributed by atoms with Crippen LogP contribution < -0.4 is 10.5 Å². The number of hydrogen-bond acceptors (Lipinski definition) is 7. The van der Waals surface area contributed by atoms with E-state index in [0.717, 1.165) is 23.5 Å². The molecule has 0 aliphatic carbocycles.